The molecule has 0 N–H and O–H groups in total. The van der Waals surface area contributed by atoms with Crippen molar-refractivity contribution in [3.8, 4) is 0 Å². The van der Waals surface area contributed by atoms with Gasteiger partial charge < -0.3 is 9.47 Å². The summed E-state index contributed by atoms with van der Waals surface area (Å²) in [5.74, 6) is 0.211. The predicted molar refractivity (Wildman–Crippen MR) is 118 cm³/mol. The molecule has 154 valence electrons. The predicted octanol–water partition coefficient (Wildman–Crippen LogP) is 6.27. The number of halogens is 3. The highest BCUT2D eigenvalue weighted by molar-refractivity contribution is 6.30. The van der Waals surface area contributed by atoms with Crippen molar-refractivity contribution in [1.82, 2.24) is 9.55 Å². The summed E-state index contributed by atoms with van der Waals surface area (Å²) in [5, 5.41) is 1.43. The largest absolute Gasteiger partial charge is 0.354 e. The molecule has 0 aliphatic heterocycles. The van der Waals surface area contributed by atoms with Crippen LogP contribution in [0.5, 0.6) is 0 Å². The van der Waals surface area contributed by atoms with Crippen LogP contribution in [0.1, 0.15) is 22.4 Å². The third-order valence-electron chi connectivity index (χ3n) is 5.49. The van der Waals surface area contributed by atoms with Crippen molar-refractivity contribution in [2.75, 3.05) is 11.9 Å². The van der Waals surface area contributed by atoms with Crippen molar-refractivity contribution >= 4 is 28.3 Å². The van der Waals surface area contributed by atoms with E-state index in [1.54, 1.807) is 24.3 Å². The fraction of sp³-hybridized carbons (Fsp3) is 0.208. The fourth-order valence-electron chi connectivity index (χ4n) is 3.83. The number of nitrogens with zero attached hydrogens (tertiary/aromatic N) is 3. The summed E-state index contributed by atoms with van der Waals surface area (Å²) in [5.41, 5.74) is 4.97. The number of anilines is 1. The van der Waals surface area contributed by atoms with E-state index in [1.165, 1.54) is 18.2 Å². The second kappa shape index (κ2) is 8.07. The molecular formula is C24H22ClF2N3. The lowest BCUT2D eigenvalue weighted by atomic mass is 10.2. The van der Waals surface area contributed by atoms with E-state index in [0.717, 1.165) is 39.1 Å². The molecule has 0 amide bonds. The molecule has 6 heteroatoms. The minimum atomic E-state index is -0.264. The van der Waals surface area contributed by atoms with E-state index in [9.17, 15) is 8.78 Å². The average Bonchev–Trinajstić information content (AvgIpc) is 2.94. The minimum Gasteiger partial charge on any atom is -0.354 e. The third-order valence-corrected chi connectivity index (χ3v) is 5.68. The van der Waals surface area contributed by atoms with E-state index in [-0.39, 0.29) is 11.6 Å². The number of pyridine rings is 1. The van der Waals surface area contributed by atoms with Gasteiger partial charge in [-0.1, -0.05) is 35.9 Å². The first kappa shape index (κ1) is 20.4. The monoisotopic (exact) mass is 425 g/mol. The van der Waals surface area contributed by atoms with Crippen molar-refractivity contribution in [2.24, 2.45) is 0 Å². The summed E-state index contributed by atoms with van der Waals surface area (Å²) in [6.07, 6.45) is 0. The van der Waals surface area contributed by atoms with Gasteiger partial charge in [-0.05, 0) is 60.9 Å². The molecule has 0 spiro atoms. The van der Waals surface area contributed by atoms with Crippen LogP contribution in [0.2, 0.25) is 5.15 Å². The van der Waals surface area contributed by atoms with Crippen LogP contribution in [0.3, 0.4) is 0 Å². The molecule has 0 bridgehead atoms. The molecule has 0 aliphatic rings. The molecule has 30 heavy (non-hydrogen) atoms. The number of hydrogen-bond acceptors (Lipinski definition) is 2. The Morgan fingerprint density at radius 2 is 1.70 bits per heavy atom. The summed E-state index contributed by atoms with van der Waals surface area (Å²) >= 11 is 6.36. The molecule has 4 rings (SSSR count). The molecule has 3 nitrogen and oxygen atoms in total. The lowest BCUT2D eigenvalue weighted by Gasteiger charge is -2.21. The van der Waals surface area contributed by atoms with Crippen LogP contribution >= 0.6 is 11.6 Å². The summed E-state index contributed by atoms with van der Waals surface area (Å²) in [6.45, 7) is 5.17. The summed E-state index contributed by atoms with van der Waals surface area (Å²) in [7, 11) is 1.94. The Morgan fingerprint density at radius 1 is 0.967 bits per heavy atom. The molecule has 0 saturated heterocycles. The lowest BCUT2D eigenvalue weighted by Crippen LogP contribution is -2.19. The van der Waals surface area contributed by atoms with Crippen LogP contribution in [-0.2, 0) is 13.1 Å². The van der Waals surface area contributed by atoms with Crippen LogP contribution < -0.4 is 4.90 Å². The van der Waals surface area contributed by atoms with Gasteiger partial charge in [0.25, 0.3) is 0 Å². The molecule has 0 fully saturated rings. The molecule has 0 unspecified atom stereocenters. The van der Waals surface area contributed by atoms with E-state index in [0.29, 0.717) is 18.2 Å². The van der Waals surface area contributed by atoms with E-state index in [4.69, 9.17) is 11.6 Å². The van der Waals surface area contributed by atoms with Crippen molar-refractivity contribution in [2.45, 2.75) is 26.9 Å². The minimum absolute atomic E-state index is 0.256. The molecule has 4 aromatic rings. The first-order chi connectivity index (χ1) is 14.3. The maximum atomic E-state index is 13.7. The SMILES string of the molecule is Cc1c(C)n(Cc2cccc(F)c2)c2c(N(C)Cc3ccc(F)cc3)nc(Cl)cc12. The van der Waals surface area contributed by atoms with E-state index in [2.05, 4.69) is 16.5 Å². The van der Waals surface area contributed by atoms with Crippen LogP contribution in [0, 0.1) is 25.5 Å². The Balaban J connectivity index is 1.82. The normalized spacial score (nSPS) is 11.3. The van der Waals surface area contributed by atoms with Crippen molar-refractivity contribution in [3.63, 3.8) is 0 Å². The molecule has 2 aromatic carbocycles. The Bertz CT molecular complexity index is 1220. The van der Waals surface area contributed by atoms with Gasteiger partial charge >= 0.3 is 0 Å². The van der Waals surface area contributed by atoms with Crippen LogP contribution in [0.15, 0.2) is 54.6 Å². The highest BCUT2D eigenvalue weighted by Gasteiger charge is 2.19. The van der Waals surface area contributed by atoms with Crippen molar-refractivity contribution < 1.29 is 8.78 Å². The smallest absolute Gasteiger partial charge is 0.155 e. The van der Waals surface area contributed by atoms with Crippen molar-refractivity contribution in [1.29, 1.82) is 0 Å². The standard InChI is InChI=1S/C24H22ClF2N3/c1-15-16(2)30(14-18-5-4-6-20(27)11-18)23-21(15)12-22(25)28-24(23)29(3)13-17-7-9-19(26)10-8-17/h4-12H,13-14H2,1-3H3. The molecule has 0 radical (unpaired) electrons. The van der Waals surface area contributed by atoms with Gasteiger partial charge in [0.15, 0.2) is 5.82 Å². The number of hydrogen-bond donors (Lipinski definition) is 0. The van der Waals surface area contributed by atoms with E-state index < -0.39 is 0 Å². The second-order valence-corrected chi connectivity index (χ2v) is 7.96. The van der Waals surface area contributed by atoms with Gasteiger partial charge in [-0.25, -0.2) is 13.8 Å². The number of aryl methyl sites for hydroxylation is 1. The van der Waals surface area contributed by atoms with Gasteiger partial charge in [-0.3, -0.25) is 0 Å². The molecule has 2 aromatic heterocycles. The average molecular weight is 426 g/mol. The molecule has 0 aliphatic carbocycles. The van der Waals surface area contributed by atoms with Gasteiger partial charge in [-0.2, -0.15) is 0 Å². The zero-order chi connectivity index (χ0) is 21.4. The maximum Gasteiger partial charge on any atom is 0.155 e. The number of benzene rings is 2. The summed E-state index contributed by atoms with van der Waals surface area (Å²) in [6, 6.07) is 14.9. The summed E-state index contributed by atoms with van der Waals surface area (Å²) in [4.78, 5) is 6.61. The first-order valence-electron chi connectivity index (χ1n) is 9.69. The molecule has 0 saturated carbocycles. The zero-order valence-corrected chi connectivity index (χ0v) is 17.8. The molecule has 0 atom stereocenters. The van der Waals surface area contributed by atoms with Crippen LogP contribution in [0.25, 0.3) is 10.9 Å². The van der Waals surface area contributed by atoms with E-state index in [1.807, 2.05) is 31.0 Å². The van der Waals surface area contributed by atoms with Gasteiger partial charge in [0.1, 0.15) is 16.8 Å². The van der Waals surface area contributed by atoms with Gasteiger partial charge in [-0.15, -0.1) is 0 Å². The van der Waals surface area contributed by atoms with Gasteiger partial charge in [0.05, 0.1) is 5.52 Å². The van der Waals surface area contributed by atoms with Gasteiger partial charge in [0, 0.05) is 31.2 Å². The van der Waals surface area contributed by atoms with Crippen LogP contribution in [0.4, 0.5) is 14.6 Å². The lowest BCUT2D eigenvalue weighted by molar-refractivity contribution is 0.623. The second-order valence-electron chi connectivity index (χ2n) is 7.57. The fourth-order valence-corrected chi connectivity index (χ4v) is 4.02. The van der Waals surface area contributed by atoms with Crippen LogP contribution in [-0.4, -0.2) is 16.6 Å². The Hall–Kier alpha value is -2.92. The van der Waals surface area contributed by atoms with E-state index >= 15 is 0 Å². The molecule has 2 heterocycles. The molecular weight excluding hydrogens is 404 g/mol. The third kappa shape index (κ3) is 3.90. The Morgan fingerprint density at radius 3 is 2.40 bits per heavy atom. The topological polar surface area (TPSA) is 21.1 Å². The first-order valence-corrected chi connectivity index (χ1v) is 10.1. The Kier molecular flexibility index (Phi) is 5.48. The highest BCUT2D eigenvalue weighted by atomic mass is 35.5. The number of fused-ring (bicyclic) bond motifs is 1. The summed E-state index contributed by atoms with van der Waals surface area (Å²) < 4.78 is 29.2. The Labute approximate surface area is 179 Å². The van der Waals surface area contributed by atoms with Gasteiger partial charge in [0.2, 0.25) is 0 Å². The number of aromatic nitrogens is 2. The quantitative estimate of drug-likeness (QED) is 0.351. The van der Waals surface area contributed by atoms with Crippen molar-refractivity contribution in [3.05, 3.63) is 93.8 Å². The maximum absolute atomic E-state index is 13.7. The number of rotatable bonds is 5. The highest BCUT2D eigenvalue weighted by Crippen LogP contribution is 2.34. The zero-order valence-electron chi connectivity index (χ0n) is 17.1.